The van der Waals surface area contributed by atoms with Gasteiger partial charge in [-0.2, -0.15) is 11.8 Å². The largest absolute Gasteiger partial charge is 0.330 e. The van der Waals surface area contributed by atoms with Gasteiger partial charge in [0.1, 0.15) is 5.82 Å². The molecule has 94 valence electrons. The fraction of sp³-hybridized carbons (Fsp3) is 0.667. The molecular formula is C12H19N3OS. The predicted molar refractivity (Wildman–Crippen MR) is 71.2 cm³/mol. The molecule has 1 heterocycles. The number of aromatic amines is 1. The lowest BCUT2D eigenvalue weighted by Gasteiger charge is -2.08. The summed E-state index contributed by atoms with van der Waals surface area (Å²) in [5, 5.41) is 0.749. The van der Waals surface area contributed by atoms with Crippen LogP contribution in [0.15, 0.2) is 10.9 Å². The third-order valence-corrected chi connectivity index (χ3v) is 4.39. The van der Waals surface area contributed by atoms with E-state index in [4.69, 9.17) is 5.73 Å². The van der Waals surface area contributed by atoms with Crippen molar-refractivity contribution in [3.63, 3.8) is 0 Å². The number of H-pyrrole nitrogens is 1. The highest BCUT2D eigenvalue weighted by atomic mass is 32.2. The second-order valence-electron chi connectivity index (χ2n) is 4.44. The first kappa shape index (κ1) is 12.6. The second-order valence-corrected chi connectivity index (χ2v) is 5.73. The van der Waals surface area contributed by atoms with Gasteiger partial charge in [-0.1, -0.05) is 12.8 Å². The molecule has 2 rings (SSSR count). The molecule has 1 aromatic rings. The average molecular weight is 253 g/mol. The Kier molecular flexibility index (Phi) is 4.62. The molecular weight excluding hydrogens is 234 g/mol. The number of nitrogens with two attached hydrogens (primary N) is 1. The van der Waals surface area contributed by atoms with Gasteiger partial charge in [0.15, 0.2) is 0 Å². The summed E-state index contributed by atoms with van der Waals surface area (Å²) in [5.74, 6) is 1.59. The van der Waals surface area contributed by atoms with Gasteiger partial charge in [0.25, 0.3) is 5.56 Å². The van der Waals surface area contributed by atoms with Crippen LogP contribution in [0.3, 0.4) is 0 Å². The minimum absolute atomic E-state index is 0.0644. The Bertz CT molecular complexity index is 412. The van der Waals surface area contributed by atoms with E-state index in [1.807, 2.05) is 11.8 Å². The third kappa shape index (κ3) is 3.85. The molecule has 4 nitrogen and oxygen atoms in total. The fourth-order valence-electron chi connectivity index (χ4n) is 2.16. The first-order chi connectivity index (χ1) is 8.28. The summed E-state index contributed by atoms with van der Waals surface area (Å²) in [6, 6.07) is 1.54. The van der Waals surface area contributed by atoms with Crippen molar-refractivity contribution >= 4 is 11.8 Å². The topological polar surface area (TPSA) is 71.8 Å². The molecule has 0 aromatic carbocycles. The second kappa shape index (κ2) is 6.21. The van der Waals surface area contributed by atoms with E-state index in [1.54, 1.807) is 0 Å². The van der Waals surface area contributed by atoms with Gasteiger partial charge in [-0.15, -0.1) is 0 Å². The summed E-state index contributed by atoms with van der Waals surface area (Å²) in [4.78, 5) is 18.7. The van der Waals surface area contributed by atoms with Crippen LogP contribution in [0.2, 0.25) is 0 Å². The molecule has 0 bridgehead atoms. The third-order valence-electron chi connectivity index (χ3n) is 3.00. The zero-order valence-electron chi connectivity index (χ0n) is 9.95. The number of nitrogens with one attached hydrogen (secondary N) is 1. The van der Waals surface area contributed by atoms with Gasteiger partial charge in [-0.3, -0.25) is 4.79 Å². The molecule has 1 aliphatic carbocycles. The van der Waals surface area contributed by atoms with Gasteiger partial charge in [0.05, 0.1) is 5.75 Å². The van der Waals surface area contributed by atoms with E-state index in [2.05, 4.69) is 9.97 Å². The monoisotopic (exact) mass is 253 g/mol. The minimum atomic E-state index is -0.0644. The van der Waals surface area contributed by atoms with E-state index in [-0.39, 0.29) is 5.56 Å². The highest BCUT2D eigenvalue weighted by molar-refractivity contribution is 7.99. The SMILES string of the molecule is NCCc1cc(=O)[nH]c(CSC2CCCC2)n1. The van der Waals surface area contributed by atoms with Gasteiger partial charge in [0.2, 0.25) is 0 Å². The van der Waals surface area contributed by atoms with Gasteiger partial charge in [-0.05, 0) is 19.4 Å². The Morgan fingerprint density at radius 2 is 2.24 bits per heavy atom. The minimum Gasteiger partial charge on any atom is -0.330 e. The molecule has 3 N–H and O–H groups in total. The van der Waals surface area contributed by atoms with E-state index >= 15 is 0 Å². The van der Waals surface area contributed by atoms with Crippen molar-refractivity contribution in [3.05, 3.63) is 27.9 Å². The Labute approximate surface area is 105 Å². The summed E-state index contributed by atoms with van der Waals surface area (Å²) in [6.45, 7) is 0.533. The molecule has 0 unspecified atom stereocenters. The number of hydrogen-bond acceptors (Lipinski definition) is 4. The fourth-order valence-corrected chi connectivity index (χ4v) is 3.36. The normalized spacial score (nSPS) is 16.5. The van der Waals surface area contributed by atoms with E-state index in [0.717, 1.165) is 22.5 Å². The molecule has 0 radical (unpaired) electrons. The summed E-state index contributed by atoms with van der Waals surface area (Å²) < 4.78 is 0. The predicted octanol–water partition coefficient (Wildman–Crippen LogP) is 1.45. The van der Waals surface area contributed by atoms with Crippen LogP contribution in [0.4, 0.5) is 0 Å². The molecule has 0 atom stereocenters. The van der Waals surface area contributed by atoms with Crippen molar-refractivity contribution in [2.75, 3.05) is 6.54 Å². The van der Waals surface area contributed by atoms with Crippen molar-refractivity contribution in [1.29, 1.82) is 0 Å². The highest BCUT2D eigenvalue weighted by Gasteiger charge is 2.15. The van der Waals surface area contributed by atoms with E-state index < -0.39 is 0 Å². The van der Waals surface area contributed by atoms with Gasteiger partial charge < -0.3 is 10.7 Å². The lowest BCUT2D eigenvalue weighted by Crippen LogP contribution is -2.15. The smallest absolute Gasteiger partial charge is 0.251 e. The van der Waals surface area contributed by atoms with Crippen LogP contribution in [0, 0.1) is 0 Å². The lowest BCUT2D eigenvalue weighted by molar-refractivity contribution is 0.865. The van der Waals surface area contributed by atoms with Crippen LogP contribution in [0.25, 0.3) is 0 Å². The number of aromatic nitrogens is 2. The van der Waals surface area contributed by atoms with E-state index in [1.165, 1.54) is 31.7 Å². The van der Waals surface area contributed by atoms with Crippen LogP contribution >= 0.6 is 11.8 Å². The van der Waals surface area contributed by atoms with Crippen molar-refractivity contribution in [2.45, 2.75) is 43.1 Å². The number of nitrogens with zero attached hydrogens (tertiary/aromatic N) is 1. The van der Waals surface area contributed by atoms with Gasteiger partial charge in [-0.25, -0.2) is 4.98 Å². The maximum atomic E-state index is 11.4. The van der Waals surface area contributed by atoms with Gasteiger partial charge in [0, 0.05) is 23.4 Å². The van der Waals surface area contributed by atoms with Crippen molar-refractivity contribution in [1.82, 2.24) is 9.97 Å². The Hall–Kier alpha value is -0.810. The van der Waals surface area contributed by atoms with Crippen LogP contribution in [0.1, 0.15) is 37.2 Å². The molecule has 1 saturated carbocycles. The number of thioether (sulfide) groups is 1. The van der Waals surface area contributed by atoms with Crippen LogP contribution in [-0.2, 0) is 12.2 Å². The maximum absolute atomic E-state index is 11.4. The highest BCUT2D eigenvalue weighted by Crippen LogP contribution is 2.30. The van der Waals surface area contributed by atoms with Gasteiger partial charge >= 0.3 is 0 Å². The van der Waals surface area contributed by atoms with Crippen LogP contribution < -0.4 is 11.3 Å². The molecule has 17 heavy (non-hydrogen) atoms. The van der Waals surface area contributed by atoms with Crippen molar-refractivity contribution in [3.8, 4) is 0 Å². The molecule has 1 fully saturated rings. The zero-order chi connectivity index (χ0) is 12.1. The summed E-state index contributed by atoms with van der Waals surface area (Å²) >= 11 is 1.91. The van der Waals surface area contributed by atoms with E-state index in [0.29, 0.717) is 13.0 Å². The molecule has 1 aliphatic rings. The molecule has 1 aromatic heterocycles. The quantitative estimate of drug-likeness (QED) is 0.833. The lowest BCUT2D eigenvalue weighted by atomic mass is 10.3. The van der Waals surface area contributed by atoms with Crippen LogP contribution in [-0.4, -0.2) is 21.8 Å². The maximum Gasteiger partial charge on any atom is 0.251 e. The summed E-state index contributed by atoms with van der Waals surface area (Å²) in [6.07, 6.45) is 5.96. The number of rotatable bonds is 5. The first-order valence-electron chi connectivity index (χ1n) is 6.18. The van der Waals surface area contributed by atoms with E-state index in [9.17, 15) is 4.79 Å². The summed E-state index contributed by atoms with van der Waals surface area (Å²) in [7, 11) is 0. The number of hydrogen-bond donors (Lipinski definition) is 2. The standard InChI is InChI=1S/C12H19N3OS/c13-6-5-9-7-12(16)15-11(14-9)8-17-10-3-1-2-4-10/h7,10H,1-6,8,13H2,(H,14,15,16). The Morgan fingerprint density at radius 1 is 1.47 bits per heavy atom. The first-order valence-corrected chi connectivity index (χ1v) is 7.23. The molecule has 0 spiro atoms. The molecule has 0 saturated heterocycles. The Morgan fingerprint density at radius 3 is 2.94 bits per heavy atom. The molecule has 5 heteroatoms. The average Bonchev–Trinajstić information content (AvgIpc) is 2.79. The van der Waals surface area contributed by atoms with Crippen LogP contribution in [0.5, 0.6) is 0 Å². The Balaban J connectivity index is 1.96. The zero-order valence-corrected chi connectivity index (χ0v) is 10.8. The van der Waals surface area contributed by atoms with Crippen molar-refractivity contribution in [2.24, 2.45) is 5.73 Å². The molecule has 0 aliphatic heterocycles. The molecule has 0 amide bonds. The summed E-state index contributed by atoms with van der Waals surface area (Å²) in [5.41, 5.74) is 6.22. The van der Waals surface area contributed by atoms with Crippen molar-refractivity contribution < 1.29 is 0 Å².